The Labute approximate surface area is 158 Å². The summed E-state index contributed by atoms with van der Waals surface area (Å²) in [6, 6.07) is 4.37. The van der Waals surface area contributed by atoms with Crippen LogP contribution in [0.15, 0.2) is 23.1 Å². The van der Waals surface area contributed by atoms with E-state index in [1.807, 2.05) is 6.92 Å². The second-order valence-electron chi connectivity index (χ2n) is 6.80. The zero-order valence-electron chi connectivity index (χ0n) is 15.2. The Morgan fingerprint density at radius 2 is 2.00 bits per heavy atom. The van der Waals surface area contributed by atoms with Gasteiger partial charge in [0.25, 0.3) is 5.91 Å². The van der Waals surface area contributed by atoms with E-state index in [4.69, 9.17) is 10.5 Å². The number of nitrogens with one attached hydrogen (secondary N) is 1. The van der Waals surface area contributed by atoms with Crippen LogP contribution in [0.1, 0.15) is 19.8 Å². The lowest BCUT2D eigenvalue weighted by atomic mass is 10.2. The summed E-state index contributed by atoms with van der Waals surface area (Å²) in [6.07, 6.45) is 0.981. The number of anilines is 1. The average Bonchev–Trinajstić information content (AvgIpc) is 2.65. The van der Waals surface area contributed by atoms with Crippen molar-refractivity contribution in [2.75, 3.05) is 38.1 Å². The van der Waals surface area contributed by atoms with Crippen LogP contribution in [0, 0.1) is 0 Å². The van der Waals surface area contributed by atoms with Gasteiger partial charge in [-0.3, -0.25) is 9.59 Å². The van der Waals surface area contributed by atoms with Crippen molar-refractivity contribution < 1.29 is 22.7 Å². The number of amides is 2. The third-order valence-electron chi connectivity index (χ3n) is 4.63. The van der Waals surface area contributed by atoms with Crippen LogP contribution in [0.3, 0.4) is 0 Å². The van der Waals surface area contributed by atoms with Crippen molar-refractivity contribution in [2.45, 2.75) is 30.7 Å². The van der Waals surface area contributed by atoms with Crippen molar-refractivity contribution in [3.8, 4) is 5.75 Å². The van der Waals surface area contributed by atoms with E-state index >= 15 is 0 Å². The number of piperazine rings is 1. The predicted molar refractivity (Wildman–Crippen MR) is 98.8 cm³/mol. The van der Waals surface area contributed by atoms with Gasteiger partial charge in [-0.1, -0.05) is 0 Å². The highest BCUT2D eigenvalue weighted by Gasteiger charge is 2.31. The molecule has 1 atom stereocenters. The van der Waals surface area contributed by atoms with Gasteiger partial charge in [0, 0.05) is 38.6 Å². The average molecular weight is 396 g/mol. The maximum absolute atomic E-state index is 12.9. The molecule has 0 spiro atoms. The lowest BCUT2D eigenvalue weighted by molar-refractivity contribution is -0.132. The molecule has 1 aromatic rings. The number of nitrogens with zero attached hydrogens (tertiary/aromatic N) is 2. The van der Waals surface area contributed by atoms with Gasteiger partial charge in [-0.2, -0.15) is 4.31 Å². The summed E-state index contributed by atoms with van der Waals surface area (Å²) < 4.78 is 32.4. The maximum Gasteiger partial charge on any atom is 0.262 e. The number of fused-ring (bicyclic) bond motifs is 1. The number of hydrogen-bond donors (Lipinski definition) is 2. The van der Waals surface area contributed by atoms with Gasteiger partial charge in [0.05, 0.1) is 10.6 Å². The first-order chi connectivity index (χ1) is 12.8. The van der Waals surface area contributed by atoms with Crippen LogP contribution in [0.5, 0.6) is 5.75 Å². The molecule has 148 valence electrons. The van der Waals surface area contributed by atoms with Crippen molar-refractivity contribution in [1.29, 1.82) is 0 Å². The summed E-state index contributed by atoms with van der Waals surface area (Å²) in [5, 5.41) is 2.61. The summed E-state index contributed by atoms with van der Waals surface area (Å²) in [4.78, 5) is 25.4. The molecule has 2 aliphatic heterocycles. The molecule has 1 fully saturated rings. The van der Waals surface area contributed by atoms with Crippen LogP contribution in [0.25, 0.3) is 0 Å². The van der Waals surface area contributed by atoms with E-state index in [0.29, 0.717) is 37.4 Å². The number of rotatable bonds is 5. The smallest absolute Gasteiger partial charge is 0.262 e. The Morgan fingerprint density at radius 3 is 2.67 bits per heavy atom. The molecule has 2 aliphatic rings. The number of carbonyl (C=O) groups excluding carboxylic acids is 2. The fraction of sp³-hybridized carbons (Fsp3) is 0.529. The Morgan fingerprint density at radius 1 is 1.30 bits per heavy atom. The molecule has 1 aromatic carbocycles. The quantitative estimate of drug-likeness (QED) is 0.721. The van der Waals surface area contributed by atoms with E-state index in [2.05, 4.69) is 5.32 Å². The monoisotopic (exact) mass is 396 g/mol. The maximum atomic E-state index is 12.9. The van der Waals surface area contributed by atoms with E-state index < -0.39 is 10.0 Å². The summed E-state index contributed by atoms with van der Waals surface area (Å²) in [6.45, 7) is 2.92. The Hall–Kier alpha value is -2.17. The molecule has 3 rings (SSSR count). The third kappa shape index (κ3) is 4.40. The Kier molecular flexibility index (Phi) is 5.68. The lowest BCUT2D eigenvalue weighted by Crippen LogP contribution is -2.50. The van der Waals surface area contributed by atoms with Crippen molar-refractivity contribution in [3.63, 3.8) is 0 Å². The van der Waals surface area contributed by atoms with Gasteiger partial charge in [0.15, 0.2) is 6.61 Å². The predicted octanol–water partition coefficient (Wildman–Crippen LogP) is -0.0222. The van der Waals surface area contributed by atoms with E-state index in [1.54, 1.807) is 4.90 Å². The molecule has 0 saturated carbocycles. The van der Waals surface area contributed by atoms with Gasteiger partial charge < -0.3 is 20.7 Å². The molecule has 0 bridgehead atoms. The largest absolute Gasteiger partial charge is 0.482 e. The van der Waals surface area contributed by atoms with Gasteiger partial charge in [-0.05, 0) is 31.5 Å². The molecule has 2 heterocycles. The third-order valence-corrected chi connectivity index (χ3v) is 6.52. The Balaban J connectivity index is 1.66. The molecular weight excluding hydrogens is 372 g/mol. The topological polar surface area (TPSA) is 122 Å². The van der Waals surface area contributed by atoms with Gasteiger partial charge >= 0.3 is 0 Å². The number of hydrogen-bond acceptors (Lipinski definition) is 6. The molecule has 0 radical (unpaired) electrons. The zero-order chi connectivity index (χ0) is 19.6. The Bertz CT molecular complexity index is 832. The van der Waals surface area contributed by atoms with Gasteiger partial charge in [0.2, 0.25) is 15.9 Å². The number of ether oxygens (including phenoxy) is 1. The molecule has 2 amide bonds. The van der Waals surface area contributed by atoms with Gasteiger partial charge in [-0.25, -0.2) is 8.42 Å². The molecule has 1 saturated heterocycles. The number of sulfonamides is 1. The molecule has 1 unspecified atom stereocenters. The first kappa shape index (κ1) is 19.6. The SMILES string of the molecule is CC(N)CCC(=O)N1CCN(S(=O)(=O)c2ccc3c(c2)NC(=O)CO3)CC1. The molecule has 9 nitrogen and oxygen atoms in total. The first-order valence-electron chi connectivity index (χ1n) is 8.87. The van der Waals surface area contributed by atoms with Crippen LogP contribution >= 0.6 is 0 Å². The van der Waals surface area contributed by atoms with Crippen LogP contribution in [0.4, 0.5) is 5.69 Å². The highest BCUT2D eigenvalue weighted by atomic mass is 32.2. The second-order valence-corrected chi connectivity index (χ2v) is 8.73. The van der Waals surface area contributed by atoms with Crippen LogP contribution < -0.4 is 15.8 Å². The fourth-order valence-corrected chi connectivity index (χ4v) is 4.51. The normalized spacial score (nSPS) is 19.0. The summed E-state index contributed by atoms with van der Waals surface area (Å²) >= 11 is 0. The first-order valence-corrected chi connectivity index (χ1v) is 10.3. The van der Waals surface area contributed by atoms with Gasteiger partial charge in [-0.15, -0.1) is 0 Å². The lowest BCUT2D eigenvalue weighted by Gasteiger charge is -2.34. The second kappa shape index (κ2) is 7.83. The summed E-state index contributed by atoms with van der Waals surface area (Å²) in [7, 11) is -3.72. The van der Waals surface area contributed by atoms with Crippen molar-refractivity contribution in [2.24, 2.45) is 5.73 Å². The van der Waals surface area contributed by atoms with Crippen LogP contribution in [0.2, 0.25) is 0 Å². The molecule has 27 heavy (non-hydrogen) atoms. The molecule has 3 N–H and O–H groups in total. The highest BCUT2D eigenvalue weighted by molar-refractivity contribution is 7.89. The van der Waals surface area contributed by atoms with Crippen LogP contribution in [-0.4, -0.2) is 68.3 Å². The molecule has 0 aliphatic carbocycles. The summed E-state index contributed by atoms with van der Waals surface area (Å²) in [5.74, 6) is 0.118. The van der Waals surface area contributed by atoms with E-state index in [1.165, 1.54) is 22.5 Å². The van der Waals surface area contributed by atoms with Crippen LogP contribution in [-0.2, 0) is 19.6 Å². The van der Waals surface area contributed by atoms with E-state index in [9.17, 15) is 18.0 Å². The summed E-state index contributed by atoms with van der Waals surface area (Å²) in [5.41, 5.74) is 6.02. The van der Waals surface area contributed by atoms with Crippen molar-refractivity contribution >= 4 is 27.5 Å². The molecular formula is C17H24N4O5S. The molecule has 0 aromatic heterocycles. The standard InChI is InChI=1S/C17H24N4O5S/c1-12(18)2-5-17(23)20-6-8-21(9-7-20)27(24,25)13-3-4-15-14(10-13)19-16(22)11-26-15/h3-4,10,12H,2,5-9,11,18H2,1H3,(H,19,22). The molecule has 10 heteroatoms. The van der Waals surface area contributed by atoms with Crippen molar-refractivity contribution in [1.82, 2.24) is 9.21 Å². The number of benzene rings is 1. The highest BCUT2D eigenvalue weighted by Crippen LogP contribution is 2.31. The van der Waals surface area contributed by atoms with Gasteiger partial charge in [0.1, 0.15) is 5.75 Å². The number of carbonyl (C=O) groups is 2. The zero-order valence-corrected chi connectivity index (χ0v) is 16.0. The number of nitrogens with two attached hydrogens (primary N) is 1. The minimum atomic E-state index is -3.72. The fourth-order valence-electron chi connectivity index (χ4n) is 3.06. The minimum Gasteiger partial charge on any atom is -0.482 e. The van der Waals surface area contributed by atoms with Crippen molar-refractivity contribution in [3.05, 3.63) is 18.2 Å². The van der Waals surface area contributed by atoms with E-state index in [-0.39, 0.29) is 42.4 Å². The minimum absolute atomic E-state index is 0.00186. The van der Waals surface area contributed by atoms with E-state index in [0.717, 1.165) is 0 Å².